The zero-order valence-corrected chi connectivity index (χ0v) is 10.1. The topological polar surface area (TPSA) is 58.7 Å². The normalized spacial score (nSPS) is 33.6. The molecule has 2 unspecified atom stereocenters. The highest BCUT2D eigenvalue weighted by atomic mass is 16.5. The fourth-order valence-electron chi connectivity index (χ4n) is 1.95. The summed E-state index contributed by atoms with van der Waals surface area (Å²) in [6, 6.07) is -0.160. The van der Waals surface area contributed by atoms with Crippen LogP contribution in [0.1, 0.15) is 26.7 Å². The van der Waals surface area contributed by atoms with Crippen molar-refractivity contribution in [2.45, 2.75) is 44.4 Å². The first kappa shape index (κ1) is 12.9. The third-order valence-electron chi connectivity index (χ3n) is 3.11. The standard InChI is InChI=1S/C11H24N2O2/c1-9(2)15-7-5-11(14)4-6-13(3)8-10(11)12/h9-10,14H,4-8,12H2,1-3H3. The molecule has 0 aromatic heterocycles. The predicted molar refractivity (Wildman–Crippen MR) is 60.7 cm³/mol. The monoisotopic (exact) mass is 216 g/mol. The minimum Gasteiger partial charge on any atom is -0.388 e. The third kappa shape index (κ3) is 3.72. The van der Waals surface area contributed by atoms with Crippen molar-refractivity contribution in [3.05, 3.63) is 0 Å². The Hall–Kier alpha value is -0.160. The first-order valence-electron chi connectivity index (χ1n) is 5.72. The third-order valence-corrected chi connectivity index (χ3v) is 3.11. The summed E-state index contributed by atoms with van der Waals surface area (Å²) in [6.07, 6.45) is 1.60. The molecule has 3 N–H and O–H groups in total. The minimum absolute atomic E-state index is 0.160. The van der Waals surface area contributed by atoms with Crippen molar-refractivity contribution in [2.24, 2.45) is 5.73 Å². The second-order valence-electron chi connectivity index (χ2n) is 4.89. The number of piperidine rings is 1. The Morgan fingerprint density at radius 1 is 1.60 bits per heavy atom. The second kappa shape index (κ2) is 5.25. The van der Waals surface area contributed by atoms with Crippen LogP contribution in [0, 0.1) is 0 Å². The van der Waals surface area contributed by atoms with E-state index in [9.17, 15) is 5.11 Å². The van der Waals surface area contributed by atoms with Gasteiger partial charge in [-0.05, 0) is 27.3 Å². The maximum absolute atomic E-state index is 10.3. The van der Waals surface area contributed by atoms with Gasteiger partial charge in [0.05, 0.1) is 11.7 Å². The average molecular weight is 216 g/mol. The van der Waals surface area contributed by atoms with Gasteiger partial charge in [0.25, 0.3) is 0 Å². The van der Waals surface area contributed by atoms with Crippen LogP contribution in [0.25, 0.3) is 0 Å². The number of ether oxygens (including phenoxy) is 1. The number of aliphatic hydroxyl groups is 1. The summed E-state index contributed by atoms with van der Waals surface area (Å²) < 4.78 is 5.46. The van der Waals surface area contributed by atoms with Crippen LogP contribution >= 0.6 is 0 Å². The van der Waals surface area contributed by atoms with Crippen molar-refractivity contribution in [1.29, 1.82) is 0 Å². The number of rotatable bonds is 4. The molecule has 0 spiro atoms. The molecule has 0 saturated carbocycles. The van der Waals surface area contributed by atoms with E-state index in [0.29, 0.717) is 13.0 Å². The maximum atomic E-state index is 10.3. The molecule has 0 aromatic carbocycles. The van der Waals surface area contributed by atoms with Gasteiger partial charge in [-0.2, -0.15) is 0 Å². The van der Waals surface area contributed by atoms with E-state index < -0.39 is 5.60 Å². The van der Waals surface area contributed by atoms with Gasteiger partial charge in [-0.15, -0.1) is 0 Å². The van der Waals surface area contributed by atoms with E-state index in [2.05, 4.69) is 4.90 Å². The van der Waals surface area contributed by atoms with Crippen LogP contribution in [0.3, 0.4) is 0 Å². The van der Waals surface area contributed by atoms with Crippen molar-refractivity contribution in [1.82, 2.24) is 4.90 Å². The van der Waals surface area contributed by atoms with E-state index in [1.54, 1.807) is 0 Å². The zero-order valence-electron chi connectivity index (χ0n) is 10.1. The van der Waals surface area contributed by atoms with Crippen LogP contribution in [0.5, 0.6) is 0 Å². The van der Waals surface area contributed by atoms with Crippen LogP contribution in [-0.2, 0) is 4.74 Å². The predicted octanol–water partition coefficient (Wildman–Crippen LogP) is 0.195. The number of nitrogens with two attached hydrogens (primary N) is 1. The smallest absolute Gasteiger partial charge is 0.0844 e. The molecule has 2 atom stereocenters. The van der Waals surface area contributed by atoms with Crippen LogP contribution in [0.2, 0.25) is 0 Å². The van der Waals surface area contributed by atoms with Gasteiger partial charge in [0, 0.05) is 32.2 Å². The molecule has 15 heavy (non-hydrogen) atoms. The Morgan fingerprint density at radius 2 is 2.27 bits per heavy atom. The first-order valence-corrected chi connectivity index (χ1v) is 5.72. The molecule has 0 aromatic rings. The van der Waals surface area contributed by atoms with Gasteiger partial charge in [0.15, 0.2) is 0 Å². The highest BCUT2D eigenvalue weighted by Crippen LogP contribution is 2.24. The number of likely N-dealkylation sites (tertiary alicyclic amines) is 1. The number of likely N-dealkylation sites (N-methyl/N-ethyl adjacent to an activating group) is 1. The Balaban J connectivity index is 2.37. The number of hydrogen-bond donors (Lipinski definition) is 2. The quantitative estimate of drug-likeness (QED) is 0.704. The Bertz CT molecular complexity index is 199. The largest absolute Gasteiger partial charge is 0.388 e. The van der Waals surface area contributed by atoms with Crippen LogP contribution in [0.4, 0.5) is 0 Å². The molecule has 4 nitrogen and oxygen atoms in total. The molecular weight excluding hydrogens is 192 g/mol. The summed E-state index contributed by atoms with van der Waals surface area (Å²) in [6.45, 7) is 6.26. The highest BCUT2D eigenvalue weighted by Gasteiger charge is 2.37. The zero-order chi connectivity index (χ0) is 11.5. The average Bonchev–Trinajstić information content (AvgIpc) is 2.12. The second-order valence-corrected chi connectivity index (χ2v) is 4.89. The van der Waals surface area contributed by atoms with E-state index in [-0.39, 0.29) is 12.1 Å². The van der Waals surface area contributed by atoms with E-state index in [1.165, 1.54) is 0 Å². The summed E-state index contributed by atoms with van der Waals surface area (Å²) in [7, 11) is 2.03. The lowest BCUT2D eigenvalue weighted by Crippen LogP contribution is -2.59. The summed E-state index contributed by atoms with van der Waals surface area (Å²) in [5.74, 6) is 0. The molecule has 1 aliphatic rings. The molecular formula is C11H24N2O2. The summed E-state index contributed by atoms with van der Waals surface area (Å²) >= 11 is 0. The van der Waals surface area contributed by atoms with Crippen molar-refractivity contribution in [3.63, 3.8) is 0 Å². The summed E-state index contributed by atoms with van der Waals surface area (Å²) in [4.78, 5) is 2.16. The molecule has 1 fully saturated rings. The van der Waals surface area contributed by atoms with Gasteiger partial charge in [0.2, 0.25) is 0 Å². The van der Waals surface area contributed by atoms with E-state index in [1.807, 2.05) is 20.9 Å². The molecule has 4 heteroatoms. The van der Waals surface area contributed by atoms with Crippen LogP contribution < -0.4 is 5.73 Å². The fourth-order valence-corrected chi connectivity index (χ4v) is 1.95. The lowest BCUT2D eigenvalue weighted by atomic mass is 9.84. The van der Waals surface area contributed by atoms with E-state index >= 15 is 0 Å². The Morgan fingerprint density at radius 3 is 2.80 bits per heavy atom. The lowest BCUT2D eigenvalue weighted by molar-refractivity contribution is -0.0622. The maximum Gasteiger partial charge on any atom is 0.0844 e. The van der Waals surface area contributed by atoms with Crippen molar-refractivity contribution >= 4 is 0 Å². The fraction of sp³-hybridized carbons (Fsp3) is 1.00. The Labute approximate surface area is 92.4 Å². The van der Waals surface area contributed by atoms with Crippen LogP contribution in [-0.4, -0.2) is 54.5 Å². The molecule has 1 aliphatic heterocycles. The van der Waals surface area contributed by atoms with Crippen LogP contribution in [0.15, 0.2) is 0 Å². The molecule has 0 bridgehead atoms. The van der Waals surface area contributed by atoms with E-state index in [4.69, 9.17) is 10.5 Å². The van der Waals surface area contributed by atoms with Crippen molar-refractivity contribution in [3.8, 4) is 0 Å². The molecule has 0 radical (unpaired) electrons. The highest BCUT2D eigenvalue weighted by molar-refractivity contribution is 4.95. The Kier molecular flexibility index (Phi) is 4.52. The molecule has 90 valence electrons. The van der Waals surface area contributed by atoms with Gasteiger partial charge in [-0.3, -0.25) is 0 Å². The van der Waals surface area contributed by atoms with Gasteiger partial charge < -0.3 is 20.5 Å². The van der Waals surface area contributed by atoms with E-state index in [0.717, 1.165) is 19.5 Å². The van der Waals surface area contributed by atoms with Crippen molar-refractivity contribution < 1.29 is 9.84 Å². The molecule has 1 saturated heterocycles. The SMILES string of the molecule is CC(C)OCCC1(O)CCN(C)CC1N. The lowest BCUT2D eigenvalue weighted by Gasteiger charge is -2.41. The first-order chi connectivity index (χ1) is 6.94. The minimum atomic E-state index is -0.735. The van der Waals surface area contributed by atoms with Gasteiger partial charge in [-0.25, -0.2) is 0 Å². The summed E-state index contributed by atoms with van der Waals surface area (Å²) in [5, 5.41) is 10.3. The molecule has 1 rings (SSSR count). The van der Waals surface area contributed by atoms with Crippen molar-refractivity contribution in [2.75, 3.05) is 26.7 Å². The van der Waals surface area contributed by atoms with Gasteiger partial charge in [-0.1, -0.05) is 0 Å². The van der Waals surface area contributed by atoms with Gasteiger partial charge in [0.1, 0.15) is 0 Å². The number of hydrogen-bond acceptors (Lipinski definition) is 4. The molecule has 0 amide bonds. The summed E-state index contributed by atoms with van der Waals surface area (Å²) in [5.41, 5.74) is 5.24. The number of nitrogens with zero attached hydrogens (tertiary/aromatic N) is 1. The molecule has 0 aliphatic carbocycles. The molecule has 1 heterocycles. The van der Waals surface area contributed by atoms with Gasteiger partial charge >= 0.3 is 0 Å².